The minimum Gasteiger partial charge on any atom is -0.471 e. The monoisotopic (exact) mass is 416 g/mol. The lowest BCUT2D eigenvalue weighted by Gasteiger charge is -2.16. The Hall–Kier alpha value is -1.47. The number of anilines is 1. The fourth-order valence-corrected chi connectivity index (χ4v) is 2.12. The van der Waals surface area contributed by atoms with Crippen LogP contribution in [0.1, 0.15) is 6.92 Å². The highest BCUT2D eigenvalue weighted by molar-refractivity contribution is 14.1. The quantitative estimate of drug-likeness (QED) is 0.570. The Balaban J connectivity index is 1.84. The molecule has 0 aromatic heterocycles. The van der Waals surface area contributed by atoms with Gasteiger partial charge in [0.2, 0.25) is 0 Å². The van der Waals surface area contributed by atoms with Gasteiger partial charge >= 0.3 is 6.03 Å². The summed E-state index contributed by atoms with van der Waals surface area (Å²) >= 11 is 8.01. The first kappa shape index (κ1) is 15.9. The number of ether oxygens (including phenoxy) is 1. The number of rotatable bonds is 4. The lowest BCUT2D eigenvalue weighted by molar-refractivity contribution is 0.183. The van der Waals surface area contributed by atoms with Crippen LogP contribution < -0.4 is 15.4 Å². The van der Waals surface area contributed by atoms with E-state index in [9.17, 15) is 4.79 Å². The second-order valence-electron chi connectivity index (χ2n) is 4.32. The van der Waals surface area contributed by atoms with Crippen molar-refractivity contribution in [2.24, 2.45) is 0 Å². The first-order chi connectivity index (χ1) is 10.0. The van der Waals surface area contributed by atoms with Gasteiger partial charge in [0.25, 0.3) is 0 Å². The molecule has 2 N–H and O–H groups in total. The summed E-state index contributed by atoms with van der Waals surface area (Å²) in [4.78, 5) is 11.8. The number of nitrogens with one attached hydrogen (secondary N) is 2. The number of carbonyl (C=O) groups is 1. The Morgan fingerprint density at radius 1 is 1.14 bits per heavy atom. The van der Waals surface area contributed by atoms with Crippen molar-refractivity contribution in [2.75, 3.05) is 5.32 Å². The molecule has 0 saturated carbocycles. The maximum atomic E-state index is 11.8. The summed E-state index contributed by atoms with van der Waals surface area (Å²) < 4.78 is 6.67. The molecule has 0 aliphatic rings. The molecule has 2 amide bonds. The lowest BCUT2D eigenvalue weighted by atomic mass is 10.3. The Bertz CT molecular complexity index is 602. The first-order valence-corrected chi connectivity index (χ1v) is 7.74. The molecule has 1 unspecified atom stereocenters. The third kappa shape index (κ3) is 5.43. The Morgan fingerprint density at radius 2 is 1.76 bits per heavy atom. The van der Waals surface area contributed by atoms with Gasteiger partial charge in [-0.05, 0) is 78.0 Å². The molecule has 0 spiro atoms. The average Bonchev–Trinajstić information content (AvgIpc) is 2.44. The summed E-state index contributed by atoms with van der Waals surface area (Å²) in [5.41, 5.74) is 0.728. The van der Waals surface area contributed by atoms with Crippen LogP contribution in [0.2, 0.25) is 5.02 Å². The highest BCUT2D eigenvalue weighted by atomic mass is 127. The molecule has 2 aromatic carbocycles. The number of hydrogen-bond acceptors (Lipinski definition) is 2. The van der Waals surface area contributed by atoms with Gasteiger partial charge in [-0.15, -0.1) is 0 Å². The molecule has 21 heavy (non-hydrogen) atoms. The van der Waals surface area contributed by atoms with Crippen molar-refractivity contribution in [3.05, 3.63) is 57.1 Å². The molecule has 4 nitrogen and oxygen atoms in total. The number of hydrogen-bond donors (Lipinski definition) is 2. The van der Waals surface area contributed by atoms with Crippen molar-refractivity contribution in [1.29, 1.82) is 0 Å². The van der Waals surface area contributed by atoms with Crippen LogP contribution in [0.25, 0.3) is 0 Å². The number of urea groups is 1. The van der Waals surface area contributed by atoms with E-state index in [1.807, 2.05) is 24.3 Å². The van der Waals surface area contributed by atoms with Crippen molar-refractivity contribution in [2.45, 2.75) is 13.2 Å². The molecule has 0 aliphatic heterocycles. The maximum Gasteiger partial charge on any atom is 0.322 e. The molecular weight excluding hydrogens is 403 g/mol. The van der Waals surface area contributed by atoms with Crippen LogP contribution in [-0.2, 0) is 0 Å². The second-order valence-corrected chi connectivity index (χ2v) is 6.00. The number of halogens is 2. The predicted octanol–water partition coefficient (Wildman–Crippen LogP) is 4.49. The van der Waals surface area contributed by atoms with Gasteiger partial charge in [-0.2, -0.15) is 0 Å². The lowest BCUT2D eigenvalue weighted by Crippen LogP contribution is -2.39. The largest absolute Gasteiger partial charge is 0.471 e. The van der Waals surface area contributed by atoms with Gasteiger partial charge in [-0.1, -0.05) is 11.6 Å². The molecule has 2 aromatic rings. The number of benzene rings is 2. The van der Waals surface area contributed by atoms with Crippen LogP contribution in [0.15, 0.2) is 48.5 Å². The fourth-order valence-electron chi connectivity index (χ4n) is 1.63. The van der Waals surface area contributed by atoms with Gasteiger partial charge < -0.3 is 15.4 Å². The summed E-state index contributed by atoms with van der Waals surface area (Å²) in [6.07, 6.45) is -0.463. The predicted molar refractivity (Wildman–Crippen MR) is 92.9 cm³/mol. The van der Waals surface area contributed by atoms with E-state index in [4.69, 9.17) is 16.3 Å². The van der Waals surface area contributed by atoms with E-state index in [0.717, 1.165) is 9.26 Å². The normalized spacial score (nSPS) is 11.6. The van der Waals surface area contributed by atoms with E-state index in [1.165, 1.54) is 0 Å². The third-order valence-electron chi connectivity index (χ3n) is 2.56. The molecule has 0 aliphatic carbocycles. The SMILES string of the molecule is CC(NC(=O)Nc1ccc(I)cc1)Oc1ccc(Cl)cc1. The van der Waals surface area contributed by atoms with E-state index in [-0.39, 0.29) is 6.03 Å². The van der Waals surface area contributed by atoms with Gasteiger partial charge in [-0.3, -0.25) is 0 Å². The van der Waals surface area contributed by atoms with Gasteiger partial charge in [0.05, 0.1) is 0 Å². The van der Waals surface area contributed by atoms with Gasteiger partial charge in [0.15, 0.2) is 6.23 Å². The zero-order valence-corrected chi connectivity index (χ0v) is 14.2. The summed E-state index contributed by atoms with van der Waals surface area (Å²) in [7, 11) is 0. The highest BCUT2D eigenvalue weighted by Gasteiger charge is 2.08. The summed E-state index contributed by atoms with van der Waals surface area (Å²) in [6, 6.07) is 14.2. The van der Waals surface area contributed by atoms with Crippen molar-refractivity contribution in [3.8, 4) is 5.75 Å². The molecule has 0 saturated heterocycles. The second kappa shape index (κ2) is 7.51. The third-order valence-corrected chi connectivity index (χ3v) is 3.53. The van der Waals surface area contributed by atoms with E-state index in [1.54, 1.807) is 31.2 Å². The molecule has 110 valence electrons. The van der Waals surface area contributed by atoms with E-state index in [0.29, 0.717) is 10.8 Å². The Morgan fingerprint density at radius 3 is 2.38 bits per heavy atom. The molecule has 6 heteroatoms. The maximum absolute atomic E-state index is 11.8. The van der Waals surface area contributed by atoms with Crippen LogP contribution >= 0.6 is 34.2 Å². The molecule has 0 bridgehead atoms. The minimum atomic E-state index is -0.463. The first-order valence-electron chi connectivity index (χ1n) is 6.28. The molecule has 2 rings (SSSR count). The van der Waals surface area contributed by atoms with Crippen molar-refractivity contribution < 1.29 is 9.53 Å². The molecule has 1 atom stereocenters. The number of amides is 2. The molecule has 0 heterocycles. The Kier molecular flexibility index (Phi) is 5.69. The number of carbonyl (C=O) groups excluding carboxylic acids is 1. The van der Waals surface area contributed by atoms with Crippen molar-refractivity contribution in [3.63, 3.8) is 0 Å². The van der Waals surface area contributed by atoms with E-state index in [2.05, 4.69) is 33.2 Å². The van der Waals surface area contributed by atoms with Gasteiger partial charge in [-0.25, -0.2) is 4.79 Å². The molecular formula is C15H14ClIN2O2. The van der Waals surface area contributed by atoms with Crippen molar-refractivity contribution >= 4 is 45.9 Å². The molecule has 0 radical (unpaired) electrons. The average molecular weight is 417 g/mol. The molecule has 0 fully saturated rings. The minimum absolute atomic E-state index is 0.322. The zero-order chi connectivity index (χ0) is 15.2. The van der Waals surface area contributed by atoms with Crippen LogP contribution in [0.4, 0.5) is 10.5 Å². The van der Waals surface area contributed by atoms with E-state index >= 15 is 0 Å². The zero-order valence-electron chi connectivity index (χ0n) is 11.3. The smallest absolute Gasteiger partial charge is 0.322 e. The van der Waals surface area contributed by atoms with Crippen LogP contribution in [0, 0.1) is 3.57 Å². The van der Waals surface area contributed by atoms with Crippen molar-refractivity contribution in [1.82, 2.24) is 5.32 Å². The Labute approximate surface area is 142 Å². The van der Waals surface area contributed by atoms with Gasteiger partial charge in [0.1, 0.15) is 5.75 Å². The standard InChI is InChI=1S/C15H14ClIN2O2/c1-10(21-14-8-2-11(16)3-9-14)18-15(20)19-13-6-4-12(17)5-7-13/h2-10H,1H3,(H2,18,19,20). The van der Waals surface area contributed by atoms with Crippen LogP contribution in [-0.4, -0.2) is 12.3 Å². The topological polar surface area (TPSA) is 50.4 Å². The summed E-state index contributed by atoms with van der Waals surface area (Å²) in [5.74, 6) is 0.640. The van der Waals surface area contributed by atoms with Crippen LogP contribution in [0.5, 0.6) is 5.75 Å². The van der Waals surface area contributed by atoms with Gasteiger partial charge in [0, 0.05) is 14.3 Å². The summed E-state index contributed by atoms with van der Waals surface area (Å²) in [6.45, 7) is 1.75. The fraction of sp³-hybridized carbons (Fsp3) is 0.133. The van der Waals surface area contributed by atoms with Crippen LogP contribution in [0.3, 0.4) is 0 Å². The highest BCUT2D eigenvalue weighted by Crippen LogP contribution is 2.16. The summed E-state index contributed by atoms with van der Waals surface area (Å²) in [5, 5.41) is 6.08. The van der Waals surface area contributed by atoms with E-state index < -0.39 is 6.23 Å².